The van der Waals surface area contributed by atoms with Crippen LogP contribution in [0, 0.1) is 6.92 Å². The van der Waals surface area contributed by atoms with Crippen molar-refractivity contribution in [2.75, 3.05) is 13.6 Å². The third-order valence-electron chi connectivity index (χ3n) is 9.57. The van der Waals surface area contributed by atoms with Crippen molar-refractivity contribution in [3.05, 3.63) is 181 Å². The molecule has 0 bridgehead atoms. The molecule has 2 heterocycles. The standard InChI is InChI=1S/C38H28O4P2.C10H14.2ClH.Ru/c1-5-13-27(14-6-1)43(28-15-7-2-8-16-28)33-23-21-31-37(41-25-39-31)35(33)36-34(24-22-32-38(36)42-26-40-32)44(29-17-9-3-10-18-29)30-19-11-4-12-20-30;1-8(2)10-6-4-9(3)5-7-10;;;/h1-24H,25-26H2;4-8H,1-3H3;2*1H;/q;;;;+2/p-2. The zero-order valence-electron chi connectivity index (χ0n) is 31.8. The molecular formula is C48H42Cl2O4P2Ru. The van der Waals surface area contributed by atoms with Gasteiger partial charge in [-0.3, -0.25) is 0 Å². The average Bonchev–Trinajstić information content (AvgIpc) is 3.95. The Morgan fingerprint density at radius 2 is 0.789 bits per heavy atom. The van der Waals surface area contributed by atoms with Crippen molar-refractivity contribution in [3.8, 4) is 34.1 Å². The van der Waals surface area contributed by atoms with Crippen molar-refractivity contribution in [2.24, 2.45) is 0 Å². The van der Waals surface area contributed by atoms with Gasteiger partial charge in [0, 0.05) is 11.1 Å². The smallest absolute Gasteiger partial charge is 0.231 e. The SMILES string of the molecule is Cc1ccc(C(C)C)cc1.[Cl-].[Cl][Ru+].c1ccc(P(c2ccccc2)c2ccc3c(c2-c2c(P(c4ccccc4)c4ccccc4)ccc4c2OCO4)OCO3)cc1. The summed E-state index contributed by atoms with van der Waals surface area (Å²) in [5.41, 5.74) is 4.78. The van der Waals surface area contributed by atoms with Crippen molar-refractivity contribution in [1.82, 2.24) is 0 Å². The normalized spacial score (nSPS) is 12.0. The van der Waals surface area contributed by atoms with Gasteiger partial charge in [-0.2, -0.15) is 0 Å². The third kappa shape index (κ3) is 9.58. The van der Waals surface area contributed by atoms with Gasteiger partial charge < -0.3 is 31.4 Å². The molecule has 0 aliphatic carbocycles. The summed E-state index contributed by atoms with van der Waals surface area (Å²) in [6.45, 7) is 6.89. The minimum atomic E-state index is -0.968. The molecular weight excluding hydrogens is 874 g/mol. The van der Waals surface area contributed by atoms with Gasteiger partial charge in [-0.25, -0.2) is 0 Å². The first-order chi connectivity index (χ1) is 27.6. The Balaban J connectivity index is 0.000000368. The van der Waals surface area contributed by atoms with E-state index in [1.54, 1.807) is 0 Å². The number of aryl methyl sites for hydroxylation is 1. The number of hydrogen-bond acceptors (Lipinski definition) is 4. The maximum absolute atomic E-state index is 6.35. The molecule has 2 aliphatic heterocycles. The minimum Gasteiger partial charge on any atom is -0.454 e. The minimum absolute atomic E-state index is 0. The molecule has 0 saturated carbocycles. The second kappa shape index (κ2) is 20.5. The van der Waals surface area contributed by atoms with E-state index in [0.717, 1.165) is 34.1 Å². The Morgan fingerprint density at radius 3 is 1.11 bits per heavy atom. The van der Waals surface area contributed by atoms with Crippen LogP contribution in [0.1, 0.15) is 30.9 Å². The molecule has 9 heteroatoms. The summed E-state index contributed by atoms with van der Waals surface area (Å²) in [6, 6.07) is 60.3. The monoisotopic (exact) mass is 916 g/mol. The van der Waals surface area contributed by atoms with Gasteiger partial charge in [0.2, 0.25) is 13.6 Å². The van der Waals surface area contributed by atoms with E-state index >= 15 is 0 Å². The van der Waals surface area contributed by atoms with E-state index in [-0.39, 0.29) is 26.0 Å². The molecule has 57 heavy (non-hydrogen) atoms. The van der Waals surface area contributed by atoms with Crippen molar-refractivity contribution in [3.63, 3.8) is 0 Å². The molecule has 4 nitrogen and oxygen atoms in total. The van der Waals surface area contributed by atoms with E-state index in [1.165, 1.54) is 43.0 Å². The van der Waals surface area contributed by atoms with Crippen LogP contribution in [0.15, 0.2) is 170 Å². The molecule has 0 atom stereocenters. The second-order valence-electron chi connectivity index (χ2n) is 13.5. The fraction of sp³-hybridized carbons (Fsp3) is 0.125. The van der Waals surface area contributed by atoms with Crippen molar-refractivity contribution < 1.29 is 48.7 Å². The molecule has 290 valence electrons. The predicted molar refractivity (Wildman–Crippen MR) is 233 cm³/mol. The Kier molecular flexibility index (Phi) is 15.2. The van der Waals surface area contributed by atoms with Crippen LogP contribution in [0.2, 0.25) is 0 Å². The van der Waals surface area contributed by atoms with Gasteiger partial charge in [-0.05, 0) is 90.3 Å². The van der Waals surface area contributed by atoms with Crippen molar-refractivity contribution in [2.45, 2.75) is 26.7 Å². The fourth-order valence-corrected chi connectivity index (χ4v) is 11.8. The van der Waals surface area contributed by atoms with Crippen LogP contribution in [0.3, 0.4) is 0 Å². The molecule has 0 aromatic heterocycles. The van der Waals surface area contributed by atoms with Crippen LogP contribution in [0.4, 0.5) is 0 Å². The maximum Gasteiger partial charge on any atom is 0.231 e. The molecule has 0 amide bonds. The zero-order chi connectivity index (χ0) is 38.9. The van der Waals surface area contributed by atoms with Crippen molar-refractivity contribution in [1.29, 1.82) is 0 Å². The van der Waals surface area contributed by atoms with Gasteiger partial charge in [0.05, 0.1) is 0 Å². The molecule has 2 aliphatic rings. The van der Waals surface area contributed by atoms with Gasteiger partial charge in [0.1, 0.15) is 0 Å². The van der Waals surface area contributed by atoms with Gasteiger partial charge >= 0.3 is 27.0 Å². The average molecular weight is 917 g/mol. The van der Waals surface area contributed by atoms with E-state index in [9.17, 15) is 0 Å². The molecule has 0 N–H and O–H groups in total. The van der Waals surface area contributed by atoms with E-state index in [2.05, 4.69) is 200 Å². The Hall–Kier alpha value is -4.20. The van der Waals surface area contributed by atoms with Crippen molar-refractivity contribution >= 4 is 57.4 Å². The van der Waals surface area contributed by atoms with Gasteiger partial charge in [-0.15, -0.1) is 0 Å². The molecule has 7 aromatic rings. The van der Waals surface area contributed by atoms with Gasteiger partial charge in [-0.1, -0.05) is 165 Å². The van der Waals surface area contributed by atoms with Gasteiger partial charge in [0.25, 0.3) is 0 Å². The quantitative estimate of drug-likeness (QED) is 0.120. The zero-order valence-corrected chi connectivity index (χ0v) is 36.8. The topological polar surface area (TPSA) is 36.9 Å². The fourth-order valence-electron chi connectivity index (χ4n) is 6.89. The van der Waals surface area contributed by atoms with Gasteiger partial charge in [0.15, 0.2) is 23.0 Å². The number of rotatable bonds is 8. The maximum atomic E-state index is 6.35. The van der Waals surface area contributed by atoms with E-state index in [1.807, 2.05) is 17.3 Å². The number of benzene rings is 7. The first-order valence-corrected chi connectivity index (χ1v) is 23.3. The molecule has 7 aromatic carbocycles. The Labute approximate surface area is 359 Å². The van der Waals surface area contributed by atoms with E-state index < -0.39 is 15.8 Å². The summed E-state index contributed by atoms with van der Waals surface area (Å²) in [6.07, 6.45) is 0. The largest absolute Gasteiger partial charge is 0.454 e. The molecule has 0 radical (unpaired) electrons. The summed E-state index contributed by atoms with van der Waals surface area (Å²) >= 11 is 1.82. The van der Waals surface area contributed by atoms with Crippen LogP contribution in [0.25, 0.3) is 11.1 Å². The molecule has 0 unspecified atom stereocenters. The molecule has 0 saturated heterocycles. The first-order valence-electron chi connectivity index (χ1n) is 18.4. The van der Waals surface area contributed by atoms with Crippen LogP contribution in [-0.4, -0.2) is 13.6 Å². The van der Waals surface area contributed by atoms with Crippen LogP contribution in [0.5, 0.6) is 23.0 Å². The summed E-state index contributed by atoms with van der Waals surface area (Å²) in [4.78, 5) is 0. The summed E-state index contributed by atoms with van der Waals surface area (Å²) in [5.74, 6) is 3.64. The van der Waals surface area contributed by atoms with Crippen LogP contribution in [-0.2, 0) is 17.3 Å². The second-order valence-corrected chi connectivity index (χ2v) is 17.8. The number of halogens is 2. The number of hydrogen-bond donors (Lipinski definition) is 0. The molecule has 9 rings (SSSR count). The number of fused-ring (bicyclic) bond motifs is 2. The third-order valence-corrected chi connectivity index (χ3v) is 14.5. The van der Waals surface area contributed by atoms with Crippen LogP contribution < -0.4 is 63.2 Å². The van der Waals surface area contributed by atoms with E-state index in [0.29, 0.717) is 5.92 Å². The Morgan fingerprint density at radius 1 is 0.456 bits per heavy atom. The molecule has 0 spiro atoms. The summed E-state index contributed by atoms with van der Waals surface area (Å²) < 4.78 is 24.7. The Bertz CT molecular complexity index is 2110. The van der Waals surface area contributed by atoms with E-state index in [4.69, 9.17) is 18.9 Å². The summed E-state index contributed by atoms with van der Waals surface area (Å²) in [7, 11) is 2.63. The van der Waals surface area contributed by atoms with Crippen LogP contribution >= 0.6 is 25.5 Å². The summed E-state index contributed by atoms with van der Waals surface area (Å²) in [5, 5.41) is 7.40. The first kappa shape index (κ1) is 42.4. The predicted octanol–water partition coefficient (Wildman–Crippen LogP) is 7.14. The molecule has 0 fully saturated rings. The number of ether oxygens (including phenoxy) is 4.